The van der Waals surface area contributed by atoms with Crippen LogP contribution >= 0.6 is 11.3 Å². The van der Waals surface area contributed by atoms with Gasteiger partial charge in [0, 0.05) is 17.9 Å². The number of hydrogen-bond acceptors (Lipinski definition) is 2. The third-order valence-electron chi connectivity index (χ3n) is 2.38. The second-order valence-electron chi connectivity index (χ2n) is 3.39. The van der Waals surface area contributed by atoms with Crippen molar-refractivity contribution in [1.29, 1.82) is 0 Å². The Hall–Kier alpha value is -0.340. The van der Waals surface area contributed by atoms with Crippen molar-refractivity contribution in [2.45, 2.75) is 39.5 Å². The first-order valence-electron chi connectivity index (χ1n) is 4.96. The van der Waals surface area contributed by atoms with Crippen LogP contribution in [0.2, 0.25) is 0 Å². The Morgan fingerprint density at radius 3 is 2.77 bits per heavy atom. The van der Waals surface area contributed by atoms with Crippen molar-refractivity contribution in [1.82, 2.24) is 0 Å². The van der Waals surface area contributed by atoms with Crippen LogP contribution in [0.4, 0.5) is 0 Å². The Labute approximate surface area is 84.4 Å². The minimum absolute atomic E-state index is 0.272. The van der Waals surface area contributed by atoms with Crippen molar-refractivity contribution in [2.24, 2.45) is 0 Å². The molecule has 1 nitrogen and oxygen atoms in total. The first kappa shape index (κ1) is 10.7. The summed E-state index contributed by atoms with van der Waals surface area (Å²) >= 11 is 1.79. The van der Waals surface area contributed by atoms with E-state index in [4.69, 9.17) is 5.11 Å². The van der Waals surface area contributed by atoms with Crippen LogP contribution in [0.15, 0.2) is 5.38 Å². The maximum Gasteiger partial charge on any atom is 0.0479 e. The molecular formula is C11H18OS. The number of aryl methyl sites for hydroxylation is 1. The molecule has 1 heterocycles. The van der Waals surface area contributed by atoms with Crippen LogP contribution in [0.5, 0.6) is 0 Å². The van der Waals surface area contributed by atoms with Gasteiger partial charge in [0.25, 0.3) is 0 Å². The van der Waals surface area contributed by atoms with Crippen LogP contribution in [0.1, 0.15) is 35.8 Å². The number of aliphatic hydroxyl groups is 1. The molecule has 1 N–H and O–H groups in total. The number of rotatable bonds is 5. The van der Waals surface area contributed by atoms with E-state index in [0.29, 0.717) is 0 Å². The van der Waals surface area contributed by atoms with E-state index in [1.54, 1.807) is 11.3 Å². The monoisotopic (exact) mass is 198 g/mol. The zero-order chi connectivity index (χ0) is 9.68. The molecule has 2 heteroatoms. The summed E-state index contributed by atoms with van der Waals surface area (Å²) in [4.78, 5) is 1.36. The highest BCUT2D eigenvalue weighted by Crippen LogP contribution is 2.23. The second-order valence-corrected chi connectivity index (χ2v) is 4.35. The Morgan fingerprint density at radius 1 is 1.38 bits per heavy atom. The molecule has 0 saturated carbocycles. The molecule has 1 aromatic heterocycles. The van der Waals surface area contributed by atoms with Gasteiger partial charge in [-0.25, -0.2) is 0 Å². The number of hydrogen-bond donors (Lipinski definition) is 1. The van der Waals surface area contributed by atoms with Gasteiger partial charge >= 0.3 is 0 Å². The Kier molecular flexibility index (Phi) is 4.46. The van der Waals surface area contributed by atoms with E-state index >= 15 is 0 Å². The largest absolute Gasteiger partial charge is 0.396 e. The van der Waals surface area contributed by atoms with Crippen molar-refractivity contribution in [3.8, 4) is 0 Å². The van der Waals surface area contributed by atoms with Gasteiger partial charge in [-0.2, -0.15) is 0 Å². The maximum atomic E-state index is 8.84. The summed E-state index contributed by atoms with van der Waals surface area (Å²) in [7, 11) is 0. The smallest absolute Gasteiger partial charge is 0.0479 e. The maximum absolute atomic E-state index is 8.84. The van der Waals surface area contributed by atoms with Gasteiger partial charge in [-0.1, -0.05) is 13.3 Å². The van der Waals surface area contributed by atoms with Crippen LogP contribution in [0.25, 0.3) is 0 Å². The predicted octanol–water partition coefficient (Wildman–Crippen LogP) is 2.93. The van der Waals surface area contributed by atoms with E-state index in [0.717, 1.165) is 6.42 Å². The van der Waals surface area contributed by atoms with Gasteiger partial charge in [-0.15, -0.1) is 11.3 Å². The molecule has 0 saturated heterocycles. The molecule has 0 aliphatic carbocycles. The minimum Gasteiger partial charge on any atom is -0.396 e. The predicted molar refractivity (Wildman–Crippen MR) is 58.5 cm³/mol. The third kappa shape index (κ3) is 2.82. The van der Waals surface area contributed by atoms with E-state index in [2.05, 4.69) is 19.2 Å². The molecule has 0 fully saturated rings. The van der Waals surface area contributed by atoms with Crippen molar-refractivity contribution < 1.29 is 5.11 Å². The first-order valence-corrected chi connectivity index (χ1v) is 5.84. The first-order chi connectivity index (χ1) is 6.29. The van der Waals surface area contributed by atoms with E-state index < -0.39 is 0 Å². The van der Waals surface area contributed by atoms with Crippen molar-refractivity contribution in [2.75, 3.05) is 6.61 Å². The van der Waals surface area contributed by atoms with Gasteiger partial charge in [0.15, 0.2) is 0 Å². The van der Waals surface area contributed by atoms with Crippen LogP contribution in [-0.2, 0) is 12.8 Å². The minimum atomic E-state index is 0.272. The van der Waals surface area contributed by atoms with E-state index in [1.165, 1.54) is 35.3 Å². The lowest BCUT2D eigenvalue weighted by Crippen LogP contribution is -1.91. The summed E-state index contributed by atoms with van der Waals surface area (Å²) in [5.74, 6) is 0. The molecule has 74 valence electrons. The Morgan fingerprint density at radius 2 is 2.15 bits per heavy atom. The molecule has 0 spiro atoms. The molecule has 0 atom stereocenters. The molecule has 0 aliphatic heterocycles. The quantitative estimate of drug-likeness (QED) is 0.771. The molecular weight excluding hydrogens is 180 g/mol. The lowest BCUT2D eigenvalue weighted by atomic mass is 10.1. The van der Waals surface area contributed by atoms with E-state index in [9.17, 15) is 0 Å². The average Bonchev–Trinajstić information content (AvgIpc) is 2.46. The number of thiophene rings is 1. The molecule has 13 heavy (non-hydrogen) atoms. The van der Waals surface area contributed by atoms with Crippen LogP contribution in [0, 0.1) is 6.92 Å². The molecule has 0 aliphatic rings. The van der Waals surface area contributed by atoms with Gasteiger partial charge in [0.2, 0.25) is 0 Å². The van der Waals surface area contributed by atoms with Gasteiger partial charge in [-0.3, -0.25) is 0 Å². The summed E-state index contributed by atoms with van der Waals surface area (Å²) in [6.45, 7) is 4.66. The zero-order valence-corrected chi connectivity index (χ0v) is 9.28. The molecule has 0 bridgehead atoms. The molecule has 0 radical (unpaired) electrons. The van der Waals surface area contributed by atoms with Crippen molar-refractivity contribution >= 4 is 11.3 Å². The third-order valence-corrected chi connectivity index (χ3v) is 3.58. The van der Waals surface area contributed by atoms with Crippen molar-refractivity contribution in [3.05, 3.63) is 21.4 Å². The highest BCUT2D eigenvalue weighted by atomic mass is 32.1. The second kappa shape index (κ2) is 5.40. The number of aliphatic hydroxyl groups excluding tert-OH is 1. The van der Waals surface area contributed by atoms with Crippen LogP contribution in [-0.4, -0.2) is 11.7 Å². The van der Waals surface area contributed by atoms with Crippen molar-refractivity contribution in [3.63, 3.8) is 0 Å². The Balaban J connectivity index is 2.62. The fraction of sp³-hybridized carbons (Fsp3) is 0.636. The number of unbranched alkanes of at least 4 members (excludes halogenated alkanes) is 1. The van der Waals surface area contributed by atoms with Crippen LogP contribution in [0.3, 0.4) is 0 Å². The molecule has 0 amide bonds. The molecule has 0 unspecified atom stereocenters. The summed E-state index contributed by atoms with van der Waals surface area (Å²) in [5.41, 5.74) is 2.89. The van der Waals surface area contributed by atoms with Gasteiger partial charge in [-0.05, 0) is 36.3 Å². The highest BCUT2D eigenvalue weighted by Gasteiger charge is 2.05. The zero-order valence-electron chi connectivity index (χ0n) is 8.47. The average molecular weight is 198 g/mol. The lowest BCUT2D eigenvalue weighted by Gasteiger charge is -1.99. The van der Waals surface area contributed by atoms with E-state index in [-0.39, 0.29) is 6.61 Å². The van der Waals surface area contributed by atoms with Gasteiger partial charge < -0.3 is 5.11 Å². The van der Waals surface area contributed by atoms with Gasteiger partial charge in [0.05, 0.1) is 0 Å². The van der Waals surface area contributed by atoms with E-state index in [1.807, 2.05) is 0 Å². The Bertz CT molecular complexity index is 253. The SMILES string of the molecule is CCCCc1csc(CCO)c1C. The lowest BCUT2D eigenvalue weighted by molar-refractivity contribution is 0.300. The summed E-state index contributed by atoms with van der Waals surface area (Å²) in [5, 5.41) is 11.1. The summed E-state index contributed by atoms with van der Waals surface area (Å²) in [6.07, 6.45) is 4.55. The van der Waals surface area contributed by atoms with Gasteiger partial charge in [0.1, 0.15) is 0 Å². The highest BCUT2D eigenvalue weighted by molar-refractivity contribution is 7.10. The summed E-state index contributed by atoms with van der Waals surface area (Å²) < 4.78 is 0. The fourth-order valence-corrected chi connectivity index (χ4v) is 2.56. The van der Waals surface area contributed by atoms with Crippen LogP contribution < -0.4 is 0 Å². The standard InChI is InChI=1S/C11H18OS/c1-3-4-5-10-8-13-11(6-7-12)9(10)2/h8,12H,3-7H2,1-2H3. The molecule has 1 aromatic rings. The summed E-state index contributed by atoms with van der Waals surface area (Å²) in [6, 6.07) is 0. The molecule has 1 rings (SSSR count). The normalized spacial score (nSPS) is 10.7. The molecule has 0 aromatic carbocycles. The fourth-order valence-electron chi connectivity index (χ4n) is 1.46. The topological polar surface area (TPSA) is 20.2 Å².